The molecule has 1 aliphatic rings. The lowest BCUT2D eigenvalue weighted by Crippen LogP contribution is -2.38. The van der Waals surface area contributed by atoms with Crippen LogP contribution >= 0.6 is 0 Å². The molecule has 3 N–H and O–H groups in total. The summed E-state index contributed by atoms with van der Waals surface area (Å²) >= 11 is 0. The molecule has 2 amide bonds. The molecule has 29 heavy (non-hydrogen) atoms. The van der Waals surface area contributed by atoms with Crippen molar-refractivity contribution in [3.05, 3.63) is 35.7 Å². The first-order valence-electron chi connectivity index (χ1n) is 8.54. The first-order valence-corrected chi connectivity index (χ1v) is 10.0. The highest BCUT2D eigenvalue weighted by atomic mass is 32.2. The number of para-hydroxylation sites is 1. The fraction of sp³-hybridized carbons (Fsp3) is 0.375. The number of hydrogen-bond acceptors (Lipinski definition) is 9. The van der Waals surface area contributed by atoms with E-state index in [1.165, 1.54) is 7.11 Å². The normalized spacial score (nSPS) is 14.4. The van der Waals surface area contributed by atoms with E-state index in [1.54, 1.807) is 31.2 Å². The number of urea groups is 1. The Balaban J connectivity index is 1.65. The summed E-state index contributed by atoms with van der Waals surface area (Å²) in [4.78, 5) is 23.7. The van der Waals surface area contributed by atoms with Crippen molar-refractivity contribution in [2.45, 2.75) is 19.6 Å². The molecule has 3 rings (SSSR count). The molecule has 2 heterocycles. The van der Waals surface area contributed by atoms with Crippen LogP contribution in [0, 0.1) is 6.92 Å². The van der Waals surface area contributed by atoms with Crippen molar-refractivity contribution in [1.29, 1.82) is 0 Å². The maximum atomic E-state index is 12.4. The van der Waals surface area contributed by atoms with Crippen LogP contribution < -0.4 is 19.5 Å². The number of benzene rings is 1. The van der Waals surface area contributed by atoms with E-state index in [2.05, 4.69) is 25.0 Å². The molecule has 0 bridgehead atoms. The van der Waals surface area contributed by atoms with Gasteiger partial charge in [-0.05, 0) is 18.6 Å². The predicted molar refractivity (Wildman–Crippen MR) is 102 cm³/mol. The third-order valence-electron chi connectivity index (χ3n) is 3.70. The summed E-state index contributed by atoms with van der Waals surface area (Å²) in [5.41, 5.74) is 0.951. The number of methoxy groups -OCH3 is 1. The molecule has 1 aromatic carbocycles. The number of aromatic nitrogens is 3. The molecule has 2 aromatic rings. The Morgan fingerprint density at radius 2 is 1.93 bits per heavy atom. The Hall–Kier alpha value is -3.03. The number of ether oxygens (including phenoxy) is 3. The maximum Gasteiger partial charge on any atom is 0.336 e. The maximum absolute atomic E-state index is 12.4. The molecular weight excluding hydrogens is 404 g/mol. The van der Waals surface area contributed by atoms with E-state index in [0.717, 1.165) is 0 Å². The van der Waals surface area contributed by atoms with Gasteiger partial charge in [0.2, 0.25) is 5.95 Å². The summed E-state index contributed by atoms with van der Waals surface area (Å²) in [6.07, 6.45) is -0.0894. The number of aryl methyl sites for hydroxylation is 1. The molecule has 1 saturated heterocycles. The van der Waals surface area contributed by atoms with Crippen molar-refractivity contribution in [1.82, 2.24) is 19.7 Å². The Morgan fingerprint density at radius 3 is 2.66 bits per heavy atom. The van der Waals surface area contributed by atoms with Gasteiger partial charge in [-0.25, -0.2) is 9.52 Å². The van der Waals surface area contributed by atoms with Gasteiger partial charge in [0.25, 0.3) is 0 Å². The third-order valence-corrected chi connectivity index (χ3v) is 4.64. The van der Waals surface area contributed by atoms with Gasteiger partial charge in [-0.3, -0.25) is 10.0 Å². The molecule has 0 spiro atoms. The quantitative estimate of drug-likeness (QED) is 0.579. The zero-order chi connectivity index (χ0) is 20.9. The van der Waals surface area contributed by atoms with Gasteiger partial charge >= 0.3 is 22.3 Å². The topological polar surface area (TPSA) is 154 Å². The summed E-state index contributed by atoms with van der Waals surface area (Å²) in [7, 11) is -2.88. The molecule has 1 fully saturated rings. The fourth-order valence-corrected chi connectivity index (χ4v) is 3.36. The minimum atomic E-state index is -4.23. The average Bonchev–Trinajstić information content (AvgIpc) is 3.15. The van der Waals surface area contributed by atoms with Crippen molar-refractivity contribution in [2.24, 2.45) is 0 Å². The predicted octanol–water partition coefficient (Wildman–Crippen LogP) is 0.582. The first-order chi connectivity index (χ1) is 13.8. The van der Waals surface area contributed by atoms with Crippen LogP contribution in [0.15, 0.2) is 24.3 Å². The second-order valence-corrected chi connectivity index (χ2v) is 7.30. The molecule has 156 valence electrons. The Bertz CT molecular complexity index is 980. The Labute approximate surface area is 167 Å². The lowest BCUT2D eigenvalue weighted by atomic mass is 10.1. The molecule has 1 aromatic heterocycles. The largest absolute Gasteiger partial charge is 0.467 e. The number of carbonyl (C=O) groups is 1. The van der Waals surface area contributed by atoms with Gasteiger partial charge in [-0.1, -0.05) is 18.2 Å². The summed E-state index contributed by atoms with van der Waals surface area (Å²) in [5, 5.41) is 2.22. The lowest BCUT2D eigenvalue weighted by molar-refractivity contribution is -0.0398. The van der Waals surface area contributed by atoms with Crippen LogP contribution in [0.4, 0.5) is 16.4 Å². The highest BCUT2D eigenvalue weighted by molar-refractivity contribution is 7.91. The van der Waals surface area contributed by atoms with Crippen LogP contribution in [-0.4, -0.2) is 56.0 Å². The van der Waals surface area contributed by atoms with Crippen LogP contribution in [-0.2, 0) is 26.1 Å². The Kier molecular flexibility index (Phi) is 6.41. The van der Waals surface area contributed by atoms with Crippen molar-refractivity contribution < 1.29 is 27.4 Å². The van der Waals surface area contributed by atoms with E-state index in [-0.39, 0.29) is 12.0 Å². The van der Waals surface area contributed by atoms with Crippen LogP contribution in [0.2, 0.25) is 0 Å². The van der Waals surface area contributed by atoms with Crippen molar-refractivity contribution >= 4 is 27.9 Å². The van der Waals surface area contributed by atoms with Crippen LogP contribution in [0.3, 0.4) is 0 Å². The third kappa shape index (κ3) is 5.97. The van der Waals surface area contributed by atoms with E-state index in [4.69, 9.17) is 14.2 Å². The number of hydrogen-bond donors (Lipinski definition) is 3. The average molecular weight is 424 g/mol. The number of carbonyl (C=O) groups excluding carboxylic acids is 1. The highest BCUT2D eigenvalue weighted by Gasteiger charge is 2.21. The SMILES string of the molecule is COc1nc(C)nc(NC(=O)NS(=O)(=O)Nc2ccccc2CC2OCCO2)n1. The zero-order valence-corrected chi connectivity index (χ0v) is 16.5. The van der Waals surface area contributed by atoms with Crippen LogP contribution in [0.1, 0.15) is 11.4 Å². The van der Waals surface area contributed by atoms with Crippen molar-refractivity contribution in [2.75, 3.05) is 30.4 Å². The molecule has 13 heteroatoms. The van der Waals surface area contributed by atoms with Crippen LogP contribution in [0.25, 0.3) is 0 Å². The van der Waals surface area contributed by atoms with Gasteiger partial charge in [0.1, 0.15) is 5.82 Å². The van der Waals surface area contributed by atoms with Crippen LogP contribution in [0.5, 0.6) is 6.01 Å². The second kappa shape index (κ2) is 8.98. The summed E-state index contributed by atoms with van der Waals surface area (Å²) in [6.45, 7) is 2.55. The van der Waals surface area contributed by atoms with E-state index in [9.17, 15) is 13.2 Å². The smallest absolute Gasteiger partial charge is 0.336 e. The molecule has 0 saturated carbocycles. The van der Waals surface area contributed by atoms with Crippen molar-refractivity contribution in [3.8, 4) is 6.01 Å². The zero-order valence-electron chi connectivity index (χ0n) is 15.7. The minimum absolute atomic E-state index is 0.0148. The summed E-state index contributed by atoms with van der Waals surface area (Å²) in [5.74, 6) is 0.136. The molecular formula is C16H20N6O6S. The van der Waals surface area contributed by atoms with Gasteiger partial charge in [0, 0.05) is 6.42 Å². The standard InChI is InChI=1S/C16H20N6O6S/c1-10-17-14(20-16(18-10)26-2)19-15(23)22-29(24,25)21-12-6-4-3-5-11(12)9-13-27-7-8-28-13/h3-6,13,21H,7-9H2,1-2H3,(H2,17,18,19,20,22,23). The first kappa shape index (κ1) is 20.7. The molecule has 0 atom stereocenters. The molecule has 0 unspecified atom stereocenters. The van der Waals surface area contributed by atoms with E-state index in [0.29, 0.717) is 36.7 Å². The Morgan fingerprint density at radius 1 is 1.21 bits per heavy atom. The van der Waals surface area contributed by atoms with Gasteiger partial charge in [-0.2, -0.15) is 23.4 Å². The molecule has 0 radical (unpaired) electrons. The number of anilines is 2. The van der Waals surface area contributed by atoms with E-state index < -0.39 is 22.5 Å². The molecule has 1 aliphatic heterocycles. The van der Waals surface area contributed by atoms with E-state index >= 15 is 0 Å². The summed E-state index contributed by atoms with van der Waals surface area (Å²) in [6, 6.07) is 5.67. The number of nitrogens with zero attached hydrogens (tertiary/aromatic N) is 3. The number of nitrogens with one attached hydrogen (secondary N) is 3. The number of amides is 2. The van der Waals surface area contributed by atoms with Gasteiger partial charge in [0.05, 0.1) is 26.0 Å². The molecule has 0 aliphatic carbocycles. The monoisotopic (exact) mass is 424 g/mol. The van der Waals surface area contributed by atoms with Gasteiger partial charge in [-0.15, -0.1) is 0 Å². The highest BCUT2D eigenvalue weighted by Crippen LogP contribution is 2.20. The minimum Gasteiger partial charge on any atom is -0.467 e. The lowest BCUT2D eigenvalue weighted by Gasteiger charge is -2.15. The van der Waals surface area contributed by atoms with Crippen molar-refractivity contribution in [3.63, 3.8) is 0 Å². The summed E-state index contributed by atoms with van der Waals surface area (Å²) < 4.78 is 44.5. The number of rotatable bonds is 7. The van der Waals surface area contributed by atoms with E-state index in [1.807, 2.05) is 4.72 Å². The van der Waals surface area contributed by atoms with Gasteiger partial charge < -0.3 is 14.2 Å². The molecule has 12 nitrogen and oxygen atoms in total. The second-order valence-electron chi connectivity index (χ2n) is 5.89. The fourth-order valence-electron chi connectivity index (χ4n) is 2.53. The van der Waals surface area contributed by atoms with Gasteiger partial charge in [0.15, 0.2) is 6.29 Å².